The van der Waals surface area contributed by atoms with Crippen molar-refractivity contribution in [3.8, 4) is 11.5 Å². The van der Waals surface area contributed by atoms with Gasteiger partial charge < -0.3 is 15.5 Å². The molecule has 1 aliphatic carbocycles. The van der Waals surface area contributed by atoms with E-state index in [0.717, 1.165) is 12.8 Å². The topological polar surface area (TPSA) is 95.7 Å². The molecule has 4 rings (SSSR count). The Morgan fingerprint density at radius 1 is 1.29 bits per heavy atom. The summed E-state index contributed by atoms with van der Waals surface area (Å²) in [5.74, 6) is 1.76. The smallest absolute Gasteiger partial charge is 0.251 e. The maximum absolute atomic E-state index is 12.2. The maximum atomic E-state index is 12.2. The van der Waals surface area contributed by atoms with Crippen molar-refractivity contribution in [2.75, 3.05) is 5.01 Å². The van der Waals surface area contributed by atoms with Crippen LogP contribution >= 0.6 is 23.2 Å². The van der Waals surface area contributed by atoms with Crippen LogP contribution in [0.4, 0.5) is 5.69 Å². The number of aliphatic imine (C=N–C) groups is 1. The lowest BCUT2D eigenvalue weighted by molar-refractivity contribution is 0.477. The van der Waals surface area contributed by atoms with Crippen molar-refractivity contribution in [1.29, 1.82) is 0 Å². The summed E-state index contributed by atoms with van der Waals surface area (Å²) in [4.78, 5) is 18.9. The number of nitrogens with zero attached hydrogens (tertiary/aromatic N) is 2. The predicted octanol–water partition coefficient (Wildman–Crippen LogP) is 4.10. The number of nitrogens with two attached hydrogens (primary N) is 1. The second-order valence-corrected chi connectivity index (χ2v) is 7.67. The molecule has 4 N–H and O–H groups in total. The molecule has 146 valence electrons. The highest BCUT2D eigenvalue weighted by atomic mass is 35.5. The van der Waals surface area contributed by atoms with Crippen molar-refractivity contribution in [3.63, 3.8) is 0 Å². The Balaban J connectivity index is 1.62. The first-order valence-corrected chi connectivity index (χ1v) is 9.63. The first-order valence-electron chi connectivity index (χ1n) is 8.88. The Morgan fingerprint density at radius 3 is 2.64 bits per heavy atom. The molecule has 28 heavy (non-hydrogen) atoms. The van der Waals surface area contributed by atoms with Crippen LogP contribution in [0.5, 0.6) is 11.5 Å². The van der Waals surface area contributed by atoms with Crippen LogP contribution in [0.3, 0.4) is 0 Å². The number of aromatic nitrogens is 1. The molecule has 1 aromatic heterocycles. The SMILES string of the molecule is CC(c1cc(Oc2c(Cl)cc(N3NC=CN=C3N)cc2Cl)c[nH]c1=O)C1CC1. The van der Waals surface area contributed by atoms with E-state index in [9.17, 15) is 4.79 Å². The maximum Gasteiger partial charge on any atom is 0.251 e. The van der Waals surface area contributed by atoms with Gasteiger partial charge >= 0.3 is 0 Å². The zero-order valence-electron chi connectivity index (χ0n) is 15.1. The van der Waals surface area contributed by atoms with Crippen molar-refractivity contribution < 1.29 is 4.74 Å². The number of nitrogens with one attached hydrogen (secondary N) is 2. The van der Waals surface area contributed by atoms with Crippen molar-refractivity contribution in [2.24, 2.45) is 16.6 Å². The fourth-order valence-corrected chi connectivity index (χ4v) is 3.72. The molecule has 7 nitrogen and oxygen atoms in total. The summed E-state index contributed by atoms with van der Waals surface area (Å²) >= 11 is 12.8. The van der Waals surface area contributed by atoms with Crippen LogP contribution in [-0.2, 0) is 0 Å². The van der Waals surface area contributed by atoms with Crippen LogP contribution in [0.1, 0.15) is 31.2 Å². The van der Waals surface area contributed by atoms with Gasteiger partial charge in [0.1, 0.15) is 5.75 Å². The molecule has 2 aromatic rings. The normalized spacial score (nSPS) is 17.1. The van der Waals surface area contributed by atoms with Gasteiger partial charge in [0.25, 0.3) is 5.56 Å². The van der Waals surface area contributed by atoms with Crippen LogP contribution in [0.25, 0.3) is 0 Å². The molecule has 0 amide bonds. The number of guanidine groups is 1. The lowest BCUT2D eigenvalue weighted by atomic mass is 9.98. The van der Waals surface area contributed by atoms with Gasteiger partial charge in [-0.05, 0) is 42.9 Å². The molecule has 1 atom stereocenters. The summed E-state index contributed by atoms with van der Waals surface area (Å²) in [6, 6.07) is 5.08. The number of rotatable bonds is 5. The highest BCUT2D eigenvalue weighted by Crippen LogP contribution is 2.43. The van der Waals surface area contributed by atoms with Gasteiger partial charge in [0.2, 0.25) is 5.96 Å². The lowest BCUT2D eigenvalue weighted by Gasteiger charge is -2.25. The number of hydrogen-bond donors (Lipinski definition) is 3. The van der Waals surface area contributed by atoms with Crippen molar-refractivity contribution in [1.82, 2.24) is 10.4 Å². The molecule has 1 unspecified atom stereocenters. The summed E-state index contributed by atoms with van der Waals surface area (Å²) in [5.41, 5.74) is 10.0. The summed E-state index contributed by atoms with van der Waals surface area (Å²) in [7, 11) is 0. The minimum absolute atomic E-state index is 0.0988. The molecular weight excluding hydrogens is 401 g/mol. The fraction of sp³-hybridized carbons (Fsp3) is 0.263. The Labute approximate surface area is 171 Å². The third-order valence-electron chi connectivity index (χ3n) is 4.90. The number of benzene rings is 1. The Morgan fingerprint density at radius 2 is 2.00 bits per heavy atom. The molecule has 2 aliphatic rings. The first-order chi connectivity index (χ1) is 13.4. The minimum atomic E-state index is -0.0988. The number of H-pyrrole nitrogens is 1. The lowest BCUT2D eigenvalue weighted by Crippen LogP contribution is -2.46. The molecule has 2 heterocycles. The number of hydrazine groups is 1. The molecule has 1 fully saturated rings. The van der Waals surface area contributed by atoms with E-state index in [0.29, 0.717) is 38.7 Å². The van der Waals surface area contributed by atoms with E-state index in [2.05, 4.69) is 22.3 Å². The van der Waals surface area contributed by atoms with Gasteiger partial charge in [0.15, 0.2) is 5.75 Å². The van der Waals surface area contributed by atoms with Gasteiger partial charge in [0, 0.05) is 24.2 Å². The van der Waals surface area contributed by atoms with E-state index in [1.807, 2.05) is 0 Å². The van der Waals surface area contributed by atoms with Crippen molar-refractivity contribution in [2.45, 2.75) is 25.7 Å². The summed E-state index contributed by atoms with van der Waals surface area (Å²) in [5, 5.41) is 2.14. The highest BCUT2D eigenvalue weighted by molar-refractivity contribution is 6.37. The van der Waals surface area contributed by atoms with E-state index < -0.39 is 0 Å². The quantitative estimate of drug-likeness (QED) is 0.677. The zero-order valence-corrected chi connectivity index (χ0v) is 16.6. The number of halogens is 2. The second-order valence-electron chi connectivity index (χ2n) is 6.85. The molecule has 1 saturated carbocycles. The monoisotopic (exact) mass is 419 g/mol. The van der Waals surface area contributed by atoms with Gasteiger partial charge in [-0.1, -0.05) is 30.1 Å². The van der Waals surface area contributed by atoms with Gasteiger partial charge in [-0.3, -0.25) is 10.2 Å². The summed E-state index contributed by atoms with van der Waals surface area (Å²) in [6.07, 6.45) is 6.98. The van der Waals surface area contributed by atoms with Crippen LogP contribution in [0.2, 0.25) is 10.0 Å². The zero-order chi connectivity index (χ0) is 19.8. The predicted molar refractivity (Wildman–Crippen MR) is 111 cm³/mol. The van der Waals surface area contributed by atoms with Gasteiger partial charge in [0.05, 0.1) is 15.7 Å². The largest absolute Gasteiger partial charge is 0.453 e. The van der Waals surface area contributed by atoms with E-state index in [4.69, 9.17) is 33.7 Å². The van der Waals surface area contributed by atoms with Gasteiger partial charge in [-0.15, -0.1) is 0 Å². The standard InChI is InChI=1S/C19H19Cl2N5O2/c1-10(11-2-3-11)14-8-13(9-24-18(14)27)28-17-15(20)6-12(7-16(17)21)26-19(22)23-4-5-25-26/h4-11,25H,2-3H2,1H3,(H2,22,23)(H,24,27). The third kappa shape index (κ3) is 3.68. The minimum Gasteiger partial charge on any atom is -0.453 e. The second kappa shape index (κ2) is 7.41. The average molecular weight is 420 g/mol. The van der Waals surface area contributed by atoms with Crippen LogP contribution in [0, 0.1) is 5.92 Å². The Bertz CT molecular complexity index is 1010. The number of aromatic amines is 1. The number of anilines is 1. The molecule has 0 bridgehead atoms. The Hall–Kier alpha value is -2.64. The third-order valence-corrected chi connectivity index (χ3v) is 5.46. The van der Waals surface area contributed by atoms with Gasteiger partial charge in [-0.2, -0.15) is 0 Å². The van der Waals surface area contributed by atoms with E-state index in [1.54, 1.807) is 30.6 Å². The van der Waals surface area contributed by atoms with E-state index in [-0.39, 0.29) is 17.4 Å². The molecule has 1 aliphatic heterocycles. The average Bonchev–Trinajstić information content (AvgIpc) is 3.51. The summed E-state index contributed by atoms with van der Waals surface area (Å²) in [6.45, 7) is 2.06. The highest BCUT2D eigenvalue weighted by Gasteiger charge is 2.30. The molecular formula is C19H19Cl2N5O2. The molecule has 9 heteroatoms. The number of ether oxygens (including phenoxy) is 1. The molecule has 0 spiro atoms. The molecule has 1 aromatic carbocycles. The van der Waals surface area contributed by atoms with E-state index >= 15 is 0 Å². The van der Waals surface area contributed by atoms with E-state index in [1.165, 1.54) is 11.2 Å². The fourth-order valence-electron chi connectivity index (χ4n) is 3.17. The van der Waals surface area contributed by atoms with Crippen molar-refractivity contribution >= 4 is 34.8 Å². The van der Waals surface area contributed by atoms with Crippen LogP contribution < -0.4 is 26.5 Å². The van der Waals surface area contributed by atoms with Crippen LogP contribution in [-0.4, -0.2) is 10.9 Å². The first kappa shape index (κ1) is 18.7. The Kier molecular flexibility index (Phi) is 4.95. The van der Waals surface area contributed by atoms with Gasteiger partial charge in [-0.25, -0.2) is 10.0 Å². The number of hydrogen-bond acceptors (Lipinski definition) is 6. The molecule has 0 radical (unpaired) electrons. The summed E-state index contributed by atoms with van der Waals surface area (Å²) < 4.78 is 5.91. The van der Waals surface area contributed by atoms with Crippen molar-refractivity contribution in [3.05, 3.63) is 62.8 Å². The number of pyridine rings is 1. The molecule has 0 saturated heterocycles. The van der Waals surface area contributed by atoms with Crippen LogP contribution in [0.15, 0.2) is 46.6 Å².